The van der Waals surface area contributed by atoms with E-state index in [0.29, 0.717) is 5.57 Å². The summed E-state index contributed by atoms with van der Waals surface area (Å²) in [6.45, 7) is 5.51. The SMILES string of the molecule is [B]C/C(C)=C(/N=C(C)CCCC)[N+](=O)[O-]. The van der Waals surface area contributed by atoms with E-state index in [1.807, 2.05) is 6.92 Å². The Kier molecular flexibility index (Phi) is 6.66. The second-order valence-electron chi connectivity index (χ2n) is 3.52. The fourth-order valence-electron chi connectivity index (χ4n) is 1.05. The highest BCUT2D eigenvalue weighted by molar-refractivity contribution is 6.10. The van der Waals surface area contributed by atoms with Crippen LogP contribution in [0.1, 0.15) is 40.0 Å². The number of aliphatic imine (C=N–C) groups is 1. The Morgan fingerprint density at radius 3 is 2.47 bits per heavy atom. The number of hydrogen-bond donors (Lipinski definition) is 0. The maximum Gasteiger partial charge on any atom is 0.361 e. The molecule has 0 aliphatic carbocycles. The summed E-state index contributed by atoms with van der Waals surface area (Å²) in [5.74, 6) is -0.105. The van der Waals surface area contributed by atoms with E-state index in [0.717, 1.165) is 25.0 Å². The Balaban J connectivity index is 4.75. The molecule has 0 rings (SSSR count). The molecule has 0 spiro atoms. The van der Waals surface area contributed by atoms with Crippen LogP contribution in [0, 0.1) is 10.1 Å². The highest BCUT2D eigenvalue weighted by atomic mass is 16.6. The van der Waals surface area contributed by atoms with Crippen LogP contribution in [0.5, 0.6) is 0 Å². The molecule has 0 aliphatic heterocycles. The van der Waals surface area contributed by atoms with Gasteiger partial charge in [-0.15, -0.1) is 0 Å². The molecule has 0 aromatic rings. The molecule has 0 unspecified atom stereocenters. The third kappa shape index (κ3) is 5.35. The van der Waals surface area contributed by atoms with Crippen molar-refractivity contribution in [3.8, 4) is 0 Å². The quantitative estimate of drug-likeness (QED) is 0.291. The van der Waals surface area contributed by atoms with Gasteiger partial charge in [0.1, 0.15) is 5.71 Å². The Bertz CT molecular complexity index is 285. The lowest BCUT2D eigenvalue weighted by atomic mass is 9.98. The number of nitrogens with zero attached hydrogens (tertiary/aromatic N) is 2. The van der Waals surface area contributed by atoms with Gasteiger partial charge in [0.15, 0.2) is 0 Å². The van der Waals surface area contributed by atoms with Crippen molar-refractivity contribution in [1.29, 1.82) is 0 Å². The van der Waals surface area contributed by atoms with Crippen molar-refractivity contribution in [2.24, 2.45) is 4.99 Å². The molecule has 2 radical (unpaired) electrons. The third-order valence-electron chi connectivity index (χ3n) is 2.05. The van der Waals surface area contributed by atoms with Gasteiger partial charge in [-0.25, -0.2) is 0 Å². The zero-order chi connectivity index (χ0) is 11.8. The van der Waals surface area contributed by atoms with Gasteiger partial charge < -0.3 is 10.1 Å². The van der Waals surface area contributed by atoms with E-state index in [-0.39, 0.29) is 12.1 Å². The molecule has 0 heterocycles. The monoisotopic (exact) mass is 208 g/mol. The minimum atomic E-state index is -0.475. The van der Waals surface area contributed by atoms with Crippen molar-refractivity contribution in [3.63, 3.8) is 0 Å². The smallest absolute Gasteiger partial charge is 0.358 e. The van der Waals surface area contributed by atoms with E-state index in [9.17, 15) is 10.1 Å². The summed E-state index contributed by atoms with van der Waals surface area (Å²) in [5, 5.41) is 10.7. The van der Waals surface area contributed by atoms with Gasteiger partial charge in [-0.3, -0.25) is 0 Å². The van der Waals surface area contributed by atoms with E-state index in [4.69, 9.17) is 7.85 Å². The molecule has 0 aromatic heterocycles. The van der Waals surface area contributed by atoms with Crippen LogP contribution in [0.15, 0.2) is 16.4 Å². The van der Waals surface area contributed by atoms with Crippen LogP contribution < -0.4 is 0 Å². The Morgan fingerprint density at radius 2 is 2.07 bits per heavy atom. The van der Waals surface area contributed by atoms with Crippen LogP contribution in [0.4, 0.5) is 0 Å². The van der Waals surface area contributed by atoms with Gasteiger partial charge in [-0.05, 0) is 30.2 Å². The first-order valence-electron chi connectivity index (χ1n) is 5.11. The van der Waals surface area contributed by atoms with Crippen molar-refractivity contribution in [2.75, 3.05) is 0 Å². The molecule has 0 bridgehead atoms. The van der Waals surface area contributed by atoms with E-state index in [1.54, 1.807) is 6.92 Å². The molecule has 0 N–H and O–H groups in total. The average Bonchev–Trinajstić information content (AvgIpc) is 2.21. The first-order chi connectivity index (χ1) is 7.02. The summed E-state index contributed by atoms with van der Waals surface area (Å²) < 4.78 is 0. The zero-order valence-corrected chi connectivity index (χ0v) is 9.62. The standard InChI is InChI=1S/C10H17BN2O2/c1-4-5-6-9(3)12-10(13(14)15)8(2)7-11/h4-7H2,1-3H3/b10-8-,12-9?. The highest BCUT2D eigenvalue weighted by Crippen LogP contribution is 2.11. The van der Waals surface area contributed by atoms with Crippen molar-refractivity contribution >= 4 is 13.6 Å². The number of unbranched alkanes of at least 4 members (excludes halogenated alkanes) is 1. The summed E-state index contributed by atoms with van der Waals surface area (Å²) in [4.78, 5) is 14.2. The van der Waals surface area contributed by atoms with Crippen molar-refractivity contribution in [2.45, 2.75) is 46.4 Å². The molecule has 0 aliphatic rings. The van der Waals surface area contributed by atoms with Gasteiger partial charge in [0.25, 0.3) is 0 Å². The van der Waals surface area contributed by atoms with E-state index in [2.05, 4.69) is 11.9 Å². The highest BCUT2D eigenvalue weighted by Gasteiger charge is 2.13. The zero-order valence-electron chi connectivity index (χ0n) is 9.62. The lowest BCUT2D eigenvalue weighted by Gasteiger charge is -1.99. The fraction of sp³-hybridized carbons (Fsp3) is 0.700. The topological polar surface area (TPSA) is 55.5 Å². The number of allylic oxidation sites excluding steroid dienone is 1. The number of rotatable bonds is 6. The lowest BCUT2D eigenvalue weighted by Crippen LogP contribution is -2.03. The van der Waals surface area contributed by atoms with Crippen LogP contribution in [0.3, 0.4) is 0 Å². The maximum atomic E-state index is 10.7. The Labute approximate surface area is 92.0 Å². The van der Waals surface area contributed by atoms with Crippen LogP contribution in [0.2, 0.25) is 6.32 Å². The molecular formula is C10H17BN2O2. The Hall–Kier alpha value is -1.13. The van der Waals surface area contributed by atoms with E-state index >= 15 is 0 Å². The predicted octanol–water partition coefficient (Wildman–Crippen LogP) is 2.73. The molecule has 5 heteroatoms. The summed E-state index contributed by atoms with van der Waals surface area (Å²) in [5.41, 5.74) is 1.30. The maximum absolute atomic E-state index is 10.7. The summed E-state index contributed by atoms with van der Waals surface area (Å²) >= 11 is 0. The number of hydrogen-bond acceptors (Lipinski definition) is 3. The molecule has 0 aromatic carbocycles. The van der Waals surface area contributed by atoms with Gasteiger partial charge in [-0.1, -0.05) is 19.7 Å². The summed E-state index contributed by atoms with van der Waals surface area (Å²) in [7, 11) is 5.36. The van der Waals surface area contributed by atoms with Crippen LogP contribution >= 0.6 is 0 Å². The van der Waals surface area contributed by atoms with E-state index in [1.165, 1.54) is 0 Å². The lowest BCUT2D eigenvalue weighted by molar-refractivity contribution is -0.427. The normalized spacial score (nSPS) is 13.7. The van der Waals surface area contributed by atoms with Crippen LogP contribution in [-0.2, 0) is 0 Å². The first kappa shape index (κ1) is 13.9. The first-order valence-corrected chi connectivity index (χ1v) is 5.11. The third-order valence-corrected chi connectivity index (χ3v) is 2.05. The largest absolute Gasteiger partial charge is 0.361 e. The molecule has 82 valence electrons. The Morgan fingerprint density at radius 1 is 1.47 bits per heavy atom. The van der Waals surface area contributed by atoms with Gasteiger partial charge in [0.2, 0.25) is 0 Å². The van der Waals surface area contributed by atoms with Gasteiger partial charge >= 0.3 is 5.82 Å². The van der Waals surface area contributed by atoms with Gasteiger partial charge in [0.05, 0.1) is 7.85 Å². The number of nitro groups is 1. The molecule has 4 nitrogen and oxygen atoms in total. The van der Waals surface area contributed by atoms with Gasteiger partial charge in [0, 0.05) is 12.0 Å². The van der Waals surface area contributed by atoms with Crippen molar-refractivity contribution in [3.05, 3.63) is 21.5 Å². The molecule has 0 fully saturated rings. The fourth-order valence-corrected chi connectivity index (χ4v) is 1.05. The molecule has 15 heavy (non-hydrogen) atoms. The van der Waals surface area contributed by atoms with Crippen LogP contribution in [-0.4, -0.2) is 18.5 Å². The molecule has 0 saturated heterocycles. The molecular weight excluding hydrogens is 191 g/mol. The molecule has 0 amide bonds. The summed E-state index contributed by atoms with van der Waals surface area (Å²) in [6, 6.07) is 0. The average molecular weight is 208 g/mol. The van der Waals surface area contributed by atoms with Gasteiger partial charge in [-0.2, -0.15) is 0 Å². The molecule has 0 atom stereocenters. The molecule has 0 saturated carbocycles. The minimum absolute atomic E-state index is 0.105. The van der Waals surface area contributed by atoms with Crippen molar-refractivity contribution < 1.29 is 4.92 Å². The second kappa shape index (κ2) is 7.20. The van der Waals surface area contributed by atoms with Crippen molar-refractivity contribution in [1.82, 2.24) is 0 Å². The minimum Gasteiger partial charge on any atom is -0.358 e. The second-order valence-corrected chi connectivity index (χ2v) is 3.52. The predicted molar refractivity (Wildman–Crippen MR) is 62.9 cm³/mol. The van der Waals surface area contributed by atoms with E-state index < -0.39 is 4.92 Å². The summed E-state index contributed by atoms with van der Waals surface area (Å²) in [6.07, 6.45) is 3.02. The van der Waals surface area contributed by atoms with Crippen LogP contribution in [0.25, 0.3) is 0 Å².